The Morgan fingerprint density at radius 1 is 1.47 bits per heavy atom. The van der Waals surface area contributed by atoms with Gasteiger partial charge in [-0.25, -0.2) is 0 Å². The number of benzene rings is 1. The highest BCUT2D eigenvalue weighted by molar-refractivity contribution is 6.31. The highest BCUT2D eigenvalue weighted by Gasteiger charge is 2.17. The summed E-state index contributed by atoms with van der Waals surface area (Å²) in [5.41, 5.74) is 2.66. The Bertz CT molecular complexity index is 538. The van der Waals surface area contributed by atoms with Crippen molar-refractivity contribution >= 4 is 22.5 Å². The number of aromatic nitrogens is 1. The summed E-state index contributed by atoms with van der Waals surface area (Å²) in [6.07, 6.45) is 5.96. The lowest BCUT2D eigenvalue weighted by Crippen LogP contribution is -2.23. The molecule has 0 radical (unpaired) electrons. The molecule has 1 atom stereocenters. The van der Waals surface area contributed by atoms with Gasteiger partial charge in [0.25, 0.3) is 0 Å². The van der Waals surface area contributed by atoms with Gasteiger partial charge in [-0.1, -0.05) is 17.7 Å². The number of fused-ring (bicyclic) bond motifs is 1. The summed E-state index contributed by atoms with van der Waals surface area (Å²) in [5, 5.41) is 5.70. The molecule has 0 aliphatic carbocycles. The minimum absolute atomic E-state index is 0.649. The molecule has 2 aromatic rings. The average Bonchev–Trinajstić information content (AvgIpc) is 2.89. The largest absolute Gasteiger partial charge is 0.350 e. The predicted molar refractivity (Wildman–Crippen MR) is 72.7 cm³/mol. The Balaban J connectivity index is 1.98. The molecule has 1 fully saturated rings. The minimum atomic E-state index is 0.649. The molecule has 0 spiro atoms. The van der Waals surface area contributed by atoms with E-state index < -0.39 is 0 Å². The Morgan fingerprint density at radius 3 is 3.12 bits per heavy atom. The van der Waals surface area contributed by atoms with Gasteiger partial charge >= 0.3 is 0 Å². The van der Waals surface area contributed by atoms with E-state index >= 15 is 0 Å². The van der Waals surface area contributed by atoms with Crippen molar-refractivity contribution in [3.05, 3.63) is 35.0 Å². The van der Waals surface area contributed by atoms with Crippen molar-refractivity contribution in [1.29, 1.82) is 0 Å². The first kappa shape index (κ1) is 11.1. The van der Waals surface area contributed by atoms with Crippen LogP contribution in [0.15, 0.2) is 24.4 Å². The first-order valence-corrected chi connectivity index (χ1v) is 6.58. The van der Waals surface area contributed by atoms with Gasteiger partial charge in [0.15, 0.2) is 0 Å². The second-order valence-corrected chi connectivity index (χ2v) is 5.36. The van der Waals surface area contributed by atoms with Crippen LogP contribution in [0, 0.1) is 0 Å². The zero-order valence-corrected chi connectivity index (χ0v) is 10.8. The molecule has 1 saturated heterocycles. The van der Waals surface area contributed by atoms with E-state index in [1.54, 1.807) is 0 Å². The van der Waals surface area contributed by atoms with E-state index in [1.165, 1.54) is 35.9 Å². The van der Waals surface area contributed by atoms with Crippen LogP contribution >= 0.6 is 11.6 Å². The van der Waals surface area contributed by atoms with Crippen molar-refractivity contribution in [2.75, 3.05) is 6.54 Å². The van der Waals surface area contributed by atoms with Crippen molar-refractivity contribution in [1.82, 2.24) is 9.88 Å². The van der Waals surface area contributed by atoms with Crippen LogP contribution in [0.4, 0.5) is 0 Å². The van der Waals surface area contributed by atoms with Crippen LogP contribution < -0.4 is 5.32 Å². The molecule has 17 heavy (non-hydrogen) atoms. The fraction of sp³-hybridized carbons (Fsp3) is 0.429. The third-order valence-corrected chi connectivity index (χ3v) is 3.90. The molecule has 0 saturated carbocycles. The maximum absolute atomic E-state index is 6.04. The predicted octanol–water partition coefficient (Wildman–Crippen LogP) is 3.13. The third kappa shape index (κ3) is 2.07. The summed E-state index contributed by atoms with van der Waals surface area (Å²) in [6.45, 7) is 1.17. The molecule has 2 nitrogen and oxygen atoms in total. The van der Waals surface area contributed by atoms with Gasteiger partial charge in [-0.05, 0) is 43.5 Å². The van der Waals surface area contributed by atoms with Crippen LogP contribution in [0.3, 0.4) is 0 Å². The summed E-state index contributed by atoms with van der Waals surface area (Å²) in [4.78, 5) is 0. The summed E-state index contributed by atoms with van der Waals surface area (Å²) >= 11 is 6.04. The van der Waals surface area contributed by atoms with E-state index in [1.807, 2.05) is 12.1 Å². The second-order valence-electron chi connectivity index (χ2n) is 4.92. The minimum Gasteiger partial charge on any atom is -0.350 e. The molecule has 0 amide bonds. The lowest BCUT2D eigenvalue weighted by molar-refractivity contribution is 0.604. The molecule has 0 bridgehead atoms. The van der Waals surface area contributed by atoms with Crippen LogP contribution in [0.2, 0.25) is 5.02 Å². The molecular weight excluding hydrogens is 232 g/mol. The van der Waals surface area contributed by atoms with Gasteiger partial charge in [-0.15, -0.1) is 0 Å². The van der Waals surface area contributed by atoms with Crippen LogP contribution in [-0.4, -0.2) is 17.2 Å². The first-order chi connectivity index (χ1) is 8.24. The summed E-state index contributed by atoms with van der Waals surface area (Å²) in [7, 11) is 2.09. The van der Waals surface area contributed by atoms with Crippen LogP contribution in [0.5, 0.6) is 0 Å². The fourth-order valence-corrected chi connectivity index (χ4v) is 2.97. The van der Waals surface area contributed by atoms with E-state index in [9.17, 15) is 0 Å². The number of aryl methyl sites for hydroxylation is 1. The SMILES string of the molecule is Cn1cc(CC2CCCN2)c2ccc(Cl)cc21. The average molecular weight is 249 g/mol. The molecule has 1 aliphatic rings. The number of nitrogens with one attached hydrogen (secondary N) is 1. The van der Waals surface area contributed by atoms with Crippen LogP contribution in [0.1, 0.15) is 18.4 Å². The number of hydrogen-bond acceptors (Lipinski definition) is 1. The van der Waals surface area contributed by atoms with Crippen molar-refractivity contribution in [2.45, 2.75) is 25.3 Å². The van der Waals surface area contributed by atoms with E-state index in [0.717, 1.165) is 11.4 Å². The molecule has 3 heteroatoms. The van der Waals surface area contributed by atoms with Gasteiger partial charge in [0, 0.05) is 35.2 Å². The summed E-state index contributed by atoms with van der Waals surface area (Å²) in [6, 6.07) is 6.82. The van der Waals surface area contributed by atoms with E-state index in [4.69, 9.17) is 11.6 Å². The quantitative estimate of drug-likeness (QED) is 0.864. The molecule has 90 valence electrons. The standard InChI is InChI=1S/C14H17ClN2/c1-17-9-10(7-12-3-2-6-16-12)13-5-4-11(15)8-14(13)17/h4-5,8-9,12,16H,2-3,6-7H2,1H3. The lowest BCUT2D eigenvalue weighted by Gasteiger charge is -2.08. The molecule has 1 aromatic heterocycles. The Kier molecular flexibility index (Phi) is 2.85. The maximum atomic E-state index is 6.04. The van der Waals surface area contributed by atoms with Crippen molar-refractivity contribution in [3.8, 4) is 0 Å². The molecule has 1 aromatic carbocycles. The van der Waals surface area contributed by atoms with Crippen molar-refractivity contribution in [3.63, 3.8) is 0 Å². The van der Waals surface area contributed by atoms with E-state index in [-0.39, 0.29) is 0 Å². The van der Waals surface area contributed by atoms with Crippen molar-refractivity contribution < 1.29 is 0 Å². The Morgan fingerprint density at radius 2 is 2.35 bits per heavy atom. The van der Waals surface area contributed by atoms with Crippen LogP contribution in [0.25, 0.3) is 10.9 Å². The van der Waals surface area contributed by atoms with Crippen molar-refractivity contribution in [2.24, 2.45) is 7.05 Å². The van der Waals surface area contributed by atoms with Gasteiger partial charge in [-0.3, -0.25) is 0 Å². The third-order valence-electron chi connectivity index (χ3n) is 3.66. The molecule has 3 rings (SSSR count). The first-order valence-electron chi connectivity index (χ1n) is 6.21. The summed E-state index contributed by atoms with van der Waals surface area (Å²) < 4.78 is 2.17. The maximum Gasteiger partial charge on any atom is 0.0495 e. The van der Waals surface area contributed by atoms with E-state index in [2.05, 4.69) is 29.2 Å². The smallest absolute Gasteiger partial charge is 0.0495 e. The fourth-order valence-electron chi connectivity index (χ4n) is 2.80. The Hall–Kier alpha value is -0.990. The number of nitrogens with zero attached hydrogens (tertiary/aromatic N) is 1. The highest BCUT2D eigenvalue weighted by Crippen LogP contribution is 2.26. The molecule has 1 N–H and O–H groups in total. The zero-order chi connectivity index (χ0) is 11.8. The second kappa shape index (κ2) is 4.35. The zero-order valence-electron chi connectivity index (χ0n) is 10.0. The number of halogens is 1. The van der Waals surface area contributed by atoms with Gasteiger partial charge in [0.05, 0.1) is 0 Å². The summed E-state index contributed by atoms with van der Waals surface area (Å²) in [5.74, 6) is 0. The number of hydrogen-bond donors (Lipinski definition) is 1. The van der Waals surface area contributed by atoms with E-state index in [0.29, 0.717) is 6.04 Å². The van der Waals surface area contributed by atoms with Gasteiger partial charge in [0.2, 0.25) is 0 Å². The van der Waals surface area contributed by atoms with Gasteiger partial charge < -0.3 is 9.88 Å². The topological polar surface area (TPSA) is 17.0 Å². The molecule has 2 heterocycles. The monoisotopic (exact) mass is 248 g/mol. The Labute approximate surface area is 107 Å². The molecular formula is C14H17ClN2. The van der Waals surface area contributed by atoms with Crippen LogP contribution in [-0.2, 0) is 13.5 Å². The number of rotatable bonds is 2. The molecule has 1 aliphatic heterocycles. The normalized spacial score (nSPS) is 20.2. The molecule has 1 unspecified atom stereocenters. The highest BCUT2D eigenvalue weighted by atomic mass is 35.5. The lowest BCUT2D eigenvalue weighted by atomic mass is 10.0. The van der Waals surface area contributed by atoms with Gasteiger partial charge in [-0.2, -0.15) is 0 Å². The van der Waals surface area contributed by atoms with Gasteiger partial charge in [0.1, 0.15) is 0 Å².